The Morgan fingerprint density at radius 2 is 0.779 bits per heavy atom. The Balaban J connectivity index is 0.000000572. The molecule has 0 aromatic heterocycles. The molecule has 0 fully saturated rings. The molecule has 9 nitrogen and oxygen atoms in total. The van der Waals surface area contributed by atoms with Crippen LogP contribution in [0.1, 0.15) is 190 Å². The lowest BCUT2D eigenvalue weighted by atomic mass is 10.0. The molecule has 0 bridgehead atoms. The average Bonchev–Trinajstić information content (AvgIpc) is 1.26. The van der Waals surface area contributed by atoms with Gasteiger partial charge in [-0.25, -0.2) is 26.3 Å². The minimum atomic E-state index is -4.69. The second kappa shape index (κ2) is 43.5. The van der Waals surface area contributed by atoms with Gasteiger partial charge in [-0.15, -0.1) is 13.2 Å². The van der Waals surface area contributed by atoms with E-state index in [4.69, 9.17) is 49.5 Å². The highest BCUT2D eigenvalue weighted by Gasteiger charge is 2.42. The number of alkyl halides is 9. The van der Waals surface area contributed by atoms with E-state index >= 15 is 0 Å². The Kier molecular flexibility index (Phi) is 39.6. The first kappa shape index (κ1) is 86.4. The molecule has 0 amide bonds. The zero-order valence-corrected chi connectivity index (χ0v) is 59.3. The van der Waals surface area contributed by atoms with E-state index in [2.05, 4.69) is 79.2 Å². The lowest BCUT2D eigenvalue weighted by Crippen LogP contribution is -2.33. The predicted molar refractivity (Wildman–Crippen MR) is 359 cm³/mol. The minimum absolute atomic E-state index is 0.0785. The van der Waals surface area contributed by atoms with E-state index in [1.54, 1.807) is 50.4 Å². The van der Waals surface area contributed by atoms with Crippen molar-refractivity contribution in [3.8, 4) is 40.2 Å². The van der Waals surface area contributed by atoms with Crippen molar-refractivity contribution >= 4 is 11.6 Å². The summed E-state index contributed by atoms with van der Waals surface area (Å²) < 4.78 is 181. The quantitative estimate of drug-likeness (QED) is 0.0370. The predicted octanol–water partition coefficient (Wildman–Crippen LogP) is 22.9. The van der Waals surface area contributed by atoms with Gasteiger partial charge in [-0.3, -0.25) is 4.74 Å². The monoisotopic (exact) mass is 1380 g/mol. The number of hydrogen-bond acceptors (Lipinski definition) is 9. The summed E-state index contributed by atoms with van der Waals surface area (Å²) in [5.41, 5.74) is 8.17. The number of benzene rings is 6. The Morgan fingerprint density at radius 3 is 1.18 bits per heavy atom. The van der Waals surface area contributed by atoms with Crippen LogP contribution in [0.15, 0.2) is 109 Å². The van der Waals surface area contributed by atoms with Crippen LogP contribution in [-0.4, -0.2) is 91.7 Å². The maximum absolute atomic E-state index is 13.5. The molecule has 0 aliphatic carbocycles. The average molecular weight is 1380 g/mol. The molecule has 0 heterocycles. The molecule has 95 heavy (non-hydrogen) atoms. The highest BCUT2D eigenvalue weighted by Crippen LogP contribution is 2.33. The van der Waals surface area contributed by atoms with Gasteiger partial charge in [0.05, 0.1) is 39.1 Å². The molecule has 0 aliphatic rings. The molecule has 6 rings (SSSR count). The van der Waals surface area contributed by atoms with Crippen molar-refractivity contribution in [2.75, 3.05) is 67.1 Å². The SMILES string of the molecule is CC(C)c1ccc(OCCOC(F)(F)F)c(F)c1.CCCOc1ccc(C(C)C)cc1OC.CCOCCOc1ccc(C(C)C)cc1Cl.COc1cc(C(C)C)ccc1F.Cc1cc(C(C)C)ccc1OCC(C)(F)F.Cc1cc(C(C)C)ccc1OCC(F)(F)C(F)F. The third kappa shape index (κ3) is 34.7. The van der Waals surface area contributed by atoms with Crippen LogP contribution in [0, 0.1) is 25.5 Å². The number of methoxy groups -OCH3 is 2. The summed E-state index contributed by atoms with van der Waals surface area (Å²) >= 11 is 6.12. The number of ether oxygens (including phenoxy) is 9. The van der Waals surface area contributed by atoms with Crippen LogP contribution in [0.5, 0.6) is 40.2 Å². The van der Waals surface area contributed by atoms with Gasteiger partial charge in [0.2, 0.25) is 0 Å². The molecule has 0 saturated heterocycles. The van der Waals surface area contributed by atoms with E-state index in [-0.39, 0.29) is 29.8 Å². The van der Waals surface area contributed by atoms with Gasteiger partial charge in [0, 0.05) is 13.5 Å². The second-order valence-electron chi connectivity index (χ2n) is 23.9. The van der Waals surface area contributed by atoms with Gasteiger partial charge in [0.1, 0.15) is 30.5 Å². The van der Waals surface area contributed by atoms with Crippen LogP contribution in [0.3, 0.4) is 0 Å². The van der Waals surface area contributed by atoms with Gasteiger partial charge in [-0.1, -0.05) is 150 Å². The maximum atomic E-state index is 13.5. The highest BCUT2D eigenvalue weighted by molar-refractivity contribution is 6.32. The van der Waals surface area contributed by atoms with E-state index in [1.165, 1.54) is 48.1 Å². The smallest absolute Gasteiger partial charge is 0.494 e. The van der Waals surface area contributed by atoms with E-state index in [9.17, 15) is 48.3 Å². The molecular formula is C74H100ClF11O9. The fraction of sp³-hybridized carbons (Fsp3) is 0.514. The molecule has 0 atom stereocenters. The minimum Gasteiger partial charge on any atom is -0.494 e. The Hall–Kier alpha value is -6.64. The molecule has 0 radical (unpaired) electrons. The van der Waals surface area contributed by atoms with Gasteiger partial charge in [-0.05, 0) is 168 Å². The van der Waals surface area contributed by atoms with Crippen molar-refractivity contribution in [1.82, 2.24) is 0 Å². The largest absolute Gasteiger partial charge is 0.522 e. The fourth-order valence-electron chi connectivity index (χ4n) is 7.89. The summed E-state index contributed by atoms with van der Waals surface area (Å²) in [6.07, 6.45) is -7.40. The van der Waals surface area contributed by atoms with Crippen LogP contribution in [-0.2, 0) is 9.47 Å². The first-order valence-electron chi connectivity index (χ1n) is 31.6. The summed E-state index contributed by atoms with van der Waals surface area (Å²) in [6, 6.07) is 32.1. The summed E-state index contributed by atoms with van der Waals surface area (Å²) in [4.78, 5) is 0. The van der Waals surface area contributed by atoms with E-state index in [0.717, 1.165) is 59.5 Å². The van der Waals surface area contributed by atoms with Crippen LogP contribution >= 0.6 is 11.6 Å². The lowest BCUT2D eigenvalue weighted by Gasteiger charge is -2.17. The Labute approximate surface area is 562 Å². The third-order valence-electron chi connectivity index (χ3n) is 13.7. The van der Waals surface area contributed by atoms with Crippen molar-refractivity contribution in [3.63, 3.8) is 0 Å². The first-order valence-corrected chi connectivity index (χ1v) is 32.0. The fourth-order valence-corrected chi connectivity index (χ4v) is 8.13. The molecule has 0 spiro atoms. The molecule has 534 valence electrons. The second-order valence-corrected chi connectivity index (χ2v) is 24.3. The van der Waals surface area contributed by atoms with Crippen molar-refractivity contribution in [1.29, 1.82) is 0 Å². The molecular weight excluding hydrogens is 1280 g/mol. The van der Waals surface area contributed by atoms with Gasteiger partial charge < -0.3 is 37.9 Å². The van der Waals surface area contributed by atoms with E-state index in [1.807, 2.05) is 77.9 Å². The Bertz CT molecular complexity index is 3110. The molecule has 0 aliphatic heterocycles. The first-order chi connectivity index (χ1) is 44.3. The summed E-state index contributed by atoms with van der Waals surface area (Å²) in [5.74, 6) is -2.13. The number of hydrogen-bond donors (Lipinski definition) is 0. The van der Waals surface area contributed by atoms with Gasteiger partial charge in [0.25, 0.3) is 5.92 Å². The zero-order valence-electron chi connectivity index (χ0n) is 58.5. The zero-order chi connectivity index (χ0) is 72.4. The number of halogens is 12. The number of rotatable bonds is 27. The topological polar surface area (TPSA) is 83.1 Å². The van der Waals surface area contributed by atoms with Crippen molar-refractivity contribution in [2.45, 2.75) is 184 Å². The number of aryl methyl sites for hydroxylation is 2. The van der Waals surface area contributed by atoms with Crippen molar-refractivity contribution in [2.24, 2.45) is 0 Å². The molecule has 6 aromatic carbocycles. The summed E-state index contributed by atoms with van der Waals surface area (Å²) in [7, 11) is 3.15. The van der Waals surface area contributed by atoms with Crippen molar-refractivity contribution in [3.05, 3.63) is 170 Å². The van der Waals surface area contributed by atoms with E-state index in [0.29, 0.717) is 71.5 Å². The summed E-state index contributed by atoms with van der Waals surface area (Å²) in [5, 5.41) is 0.669. The van der Waals surface area contributed by atoms with E-state index < -0.39 is 50.3 Å². The molecule has 0 unspecified atom stereocenters. The molecule has 0 saturated carbocycles. The standard InChI is InChI=1S/C13H19ClO2.C13H16F4O.C13H18F2O.C13H20O2.C12H14F4O2.C10H13FO/c1-4-15-7-8-16-13-6-5-11(10(2)3)9-12(13)14;1-8(2)10-4-5-11(9(3)6-10)18-7-13(16,17)12(14)15;1-9(2)11-5-6-12(10(3)7-11)16-8-13(4,14)15;1-5-8-15-12-7-6-11(10(2)3)9-13(12)14-4;1-8(2)9-3-4-11(10(13)7-9)17-5-6-18-12(14,15)16;1-7(2)8-4-5-9(11)10(6-8)12-3/h5-6,9-10H,4,7-8H2,1-3H3;4-6,8,12H,7H2,1-3H3;5-7,9H,8H2,1-4H3;6-7,9-10H,5,8H2,1-4H3;3-4,7-8H,5-6H2,1-2H3;4-7H,1-3H3. The lowest BCUT2D eigenvalue weighted by molar-refractivity contribution is -0.325. The van der Waals surface area contributed by atoms with Gasteiger partial charge >= 0.3 is 18.7 Å². The molecule has 6 aromatic rings. The van der Waals surface area contributed by atoms with Gasteiger partial charge in [-0.2, -0.15) is 8.78 Å². The van der Waals surface area contributed by atoms with Crippen LogP contribution in [0.4, 0.5) is 48.3 Å². The molecule has 0 N–H and O–H groups in total. The Morgan fingerprint density at radius 1 is 0.400 bits per heavy atom. The van der Waals surface area contributed by atoms with Crippen LogP contribution in [0.25, 0.3) is 0 Å². The normalized spacial score (nSPS) is 11.4. The maximum Gasteiger partial charge on any atom is 0.522 e. The van der Waals surface area contributed by atoms with Crippen LogP contribution < -0.4 is 33.2 Å². The highest BCUT2D eigenvalue weighted by atomic mass is 35.5. The van der Waals surface area contributed by atoms with Crippen molar-refractivity contribution < 1.29 is 90.9 Å². The molecule has 21 heteroatoms. The summed E-state index contributed by atoms with van der Waals surface area (Å²) in [6.45, 7) is 32.9. The third-order valence-corrected chi connectivity index (χ3v) is 13.9. The van der Waals surface area contributed by atoms with Gasteiger partial charge in [0.15, 0.2) is 47.8 Å². The van der Waals surface area contributed by atoms with Crippen LogP contribution in [0.2, 0.25) is 5.02 Å².